The van der Waals surface area contributed by atoms with Gasteiger partial charge in [-0.3, -0.25) is 0 Å². The fraction of sp³-hybridized carbons (Fsp3) is 0.200. The van der Waals surface area contributed by atoms with Crippen LogP contribution in [0.25, 0.3) is 10.8 Å². The molecular weight excluding hydrogens is 366 g/mol. The first-order valence-corrected chi connectivity index (χ1v) is 9.47. The summed E-state index contributed by atoms with van der Waals surface area (Å²) in [4.78, 5) is 0.812. The Morgan fingerprint density at radius 2 is 2.04 bits per heavy atom. The number of benzene rings is 1. The van der Waals surface area contributed by atoms with Gasteiger partial charge in [-0.25, -0.2) is 13.1 Å². The van der Waals surface area contributed by atoms with E-state index in [1.165, 1.54) is 37.7 Å². The molecule has 0 aliphatic rings. The zero-order valence-corrected chi connectivity index (χ0v) is 15.1. The highest BCUT2D eigenvalue weighted by Gasteiger charge is 2.21. The normalized spacial score (nSPS) is 11.4. The van der Waals surface area contributed by atoms with Gasteiger partial charge in [0, 0.05) is 6.07 Å². The Balaban J connectivity index is 1.76. The van der Waals surface area contributed by atoms with E-state index in [1.54, 1.807) is 6.07 Å². The maximum atomic E-state index is 12.5. The van der Waals surface area contributed by atoms with Gasteiger partial charge in [-0.15, -0.1) is 21.5 Å². The third-order valence-electron chi connectivity index (χ3n) is 3.27. The number of sulfonamides is 1. The molecule has 0 atom stereocenters. The molecule has 0 bridgehead atoms. The van der Waals surface area contributed by atoms with Gasteiger partial charge >= 0.3 is 0 Å². The zero-order chi connectivity index (χ0) is 17.9. The Labute approximate surface area is 148 Å². The molecule has 25 heavy (non-hydrogen) atoms. The van der Waals surface area contributed by atoms with Crippen molar-refractivity contribution in [1.82, 2.24) is 14.9 Å². The van der Waals surface area contributed by atoms with Crippen molar-refractivity contribution < 1.29 is 22.3 Å². The summed E-state index contributed by atoms with van der Waals surface area (Å²) in [6, 6.07) is 8.15. The fourth-order valence-corrected chi connectivity index (χ4v) is 3.82. The van der Waals surface area contributed by atoms with Crippen LogP contribution in [0.2, 0.25) is 0 Å². The Morgan fingerprint density at radius 3 is 2.72 bits per heavy atom. The molecule has 0 fully saturated rings. The molecular formula is C15H15N3O5S2. The van der Waals surface area contributed by atoms with E-state index in [0.717, 1.165) is 4.88 Å². The first-order chi connectivity index (χ1) is 12.0. The van der Waals surface area contributed by atoms with Gasteiger partial charge in [-0.2, -0.15) is 0 Å². The number of hydrogen-bond acceptors (Lipinski definition) is 8. The average molecular weight is 381 g/mol. The van der Waals surface area contributed by atoms with Gasteiger partial charge < -0.3 is 13.9 Å². The predicted molar refractivity (Wildman–Crippen MR) is 91.2 cm³/mol. The molecule has 3 aromatic rings. The lowest BCUT2D eigenvalue weighted by Crippen LogP contribution is -2.24. The molecule has 132 valence electrons. The molecule has 3 rings (SSSR count). The lowest BCUT2D eigenvalue weighted by atomic mass is 10.3. The van der Waals surface area contributed by atoms with E-state index in [9.17, 15) is 8.42 Å². The fourth-order valence-electron chi connectivity index (χ4n) is 2.06. The van der Waals surface area contributed by atoms with Crippen LogP contribution in [0, 0.1) is 0 Å². The standard InChI is InChI=1S/C15H15N3O5S2/c1-21-10-5-6-13(11(8-10)22-2)25(19,20)16-9-14-17-18-15(23-14)12-4-3-7-24-12/h3-8,16H,9H2,1-2H3. The number of aromatic nitrogens is 2. The summed E-state index contributed by atoms with van der Waals surface area (Å²) >= 11 is 1.45. The summed E-state index contributed by atoms with van der Waals surface area (Å²) in [5.74, 6) is 1.19. The first kappa shape index (κ1) is 17.4. The van der Waals surface area contributed by atoms with E-state index in [0.29, 0.717) is 11.6 Å². The molecule has 10 heteroatoms. The van der Waals surface area contributed by atoms with Gasteiger partial charge in [-0.05, 0) is 23.6 Å². The SMILES string of the molecule is COc1ccc(S(=O)(=O)NCc2nnc(-c3cccs3)o2)c(OC)c1. The minimum Gasteiger partial charge on any atom is -0.497 e. The summed E-state index contributed by atoms with van der Waals surface area (Å²) in [6.45, 7) is -0.129. The van der Waals surface area contributed by atoms with Gasteiger partial charge in [0.2, 0.25) is 15.9 Å². The van der Waals surface area contributed by atoms with Crippen LogP contribution >= 0.6 is 11.3 Å². The molecule has 1 aromatic carbocycles. The summed E-state index contributed by atoms with van der Waals surface area (Å²) < 4.78 is 43.1. The van der Waals surface area contributed by atoms with Gasteiger partial charge in [0.05, 0.1) is 25.6 Å². The number of ether oxygens (including phenoxy) is 2. The molecule has 0 radical (unpaired) electrons. The van der Waals surface area contributed by atoms with Crippen molar-refractivity contribution >= 4 is 21.4 Å². The number of hydrogen-bond donors (Lipinski definition) is 1. The zero-order valence-electron chi connectivity index (χ0n) is 13.4. The highest BCUT2D eigenvalue weighted by atomic mass is 32.2. The van der Waals surface area contributed by atoms with E-state index in [2.05, 4.69) is 14.9 Å². The summed E-state index contributed by atoms with van der Waals surface area (Å²) in [5.41, 5.74) is 0. The van der Waals surface area contributed by atoms with Crippen LogP contribution in [0.4, 0.5) is 0 Å². The molecule has 0 aliphatic heterocycles. The quantitative estimate of drug-likeness (QED) is 0.669. The molecule has 0 spiro atoms. The van der Waals surface area contributed by atoms with Crippen LogP contribution < -0.4 is 14.2 Å². The Bertz CT molecular complexity index is 951. The third-order valence-corrected chi connectivity index (χ3v) is 5.57. The first-order valence-electron chi connectivity index (χ1n) is 7.11. The molecule has 0 unspecified atom stereocenters. The molecule has 0 saturated carbocycles. The summed E-state index contributed by atoms with van der Waals surface area (Å²) in [7, 11) is -0.950. The van der Waals surface area contributed by atoms with Gasteiger partial charge in [0.15, 0.2) is 0 Å². The van der Waals surface area contributed by atoms with Crippen molar-refractivity contribution in [2.24, 2.45) is 0 Å². The monoisotopic (exact) mass is 381 g/mol. The van der Waals surface area contributed by atoms with E-state index >= 15 is 0 Å². The number of nitrogens with zero attached hydrogens (tertiary/aromatic N) is 2. The van der Waals surface area contributed by atoms with E-state index in [4.69, 9.17) is 13.9 Å². The largest absolute Gasteiger partial charge is 0.497 e. The van der Waals surface area contributed by atoms with Crippen LogP contribution in [0.1, 0.15) is 5.89 Å². The van der Waals surface area contributed by atoms with Crippen molar-refractivity contribution in [2.45, 2.75) is 11.4 Å². The van der Waals surface area contributed by atoms with Crippen LogP contribution in [-0.2, 0) is 16.6 Å². The molecule has 0 amide bonds. The second kappa shape index (κ2) is 7.21. The van der Waals surface area contributed by atoms with Crippen molar-refractivity contribution in [3.05, 3.63) is 41.6 Å². The van der Waals surface area contributed by atoms with Crippen LogP contribution in [0.15, 0.2) is 45.0 Å². The predicted octanol–water partition coefficient (Wildman–Crippen LogP) is 2.29. The van der Waals surface area contributed by atoms with E-state index < -0.39 is 10.0 Å². The van der Waals surface area contributed by atoms with Gasteiger partial charge in [0.1, 0.15) is 16.4 Å². The smallest absolute Gasteiger partial charge is 0.257 e. The van der Waals surface area contributed by atoms with E-state index in [-0.39, 0.29) is 23.1 Å². The summed E-state index contributed by atoms with van der Waals surface area (Å²) in [5, 5.41) is 9.64. The van der Waals surface area contributed by atoms with Crippen molar-refractivity contribution in [1.29, 1.82) is 0 Å². The summed E-state index contributed by atoms with van der Waals surface area (Å²) in [6.07, 6.45) is 0. The second-order valence-corrected chi connectivity index (χ2v) is 7.50. The third kappa shape index (κ3) is 3.81. The Morgan fingerprint density at radius 1 is 1.20 bits per heavy atom. The minimum atomic E-state index is -3.83. The van der Waals surface area contributed by atoms with Crippen molar-refractivity contribution in [3.63, 3.8) is 0 Å². The maximum absolute atomic E-state index is 12.5. The van der Waals surface area contributed by atoms with Crippen LogP contribution in [0.3, 0.4) is 0 Å². The van der Waals surface area contributed by atoms with Gasteiger partial charge in [-0.1, -0.05) is 6.07 Å². The number of nitrogens with one attached hydrogen (secondary N) is 1. The number of methoxy groups -OCH3 is 2. The molecule has 0 aliphatic carbocycles. The Kier molecular flexibility index (Phi) is 5.02. The maximum Gasteiger partial charge on any atom is 0.257 e. The Hall–Kier alpha value is -2.43. The second-order valence-electron chi connectivity index (χ2n) is 4.82. The lowest BCUT2D eigenvalue weighted by molar-refractivity contribution is 0.385. The van der Waals surface area contributed by atoms with Crippen LogP contribution in [0.5, 0.6) is 11.5 Å². The van der Waals surface area contributed by atoms with Crippen LogP contribution in [-0.4, -0.2) is 32.8 Å². The molecule has 2 aromatic heterocycles. The lowest BCUT2D eigenvalue weighted by Gasteiger charge is -2.11. The molecule has 2 heterocycles. The number of rotatable bonds is 7. The molecule has 8 nitrogen and oxygen atoms in total. The van der Waals surface area contributed by atoms with Crippen molar-refractivity contribution in [2.75, 3.05) is 14.2 Å². The van der Waals surface area contributed by atoms with E-state index in [1.807, 2.05) is 17.5 Å². The van der Waals surface area contributed by atoms with Crippen molar-refractivity contribution in [3.8, 4) is 22.3 Å². The highest BCUT2D eigenvalue weighted by molar-refractivity contribution is 7.89. The molecule has 1 N–H and O–H groups in total. The molecule has 0 saturated heterocycles. The highest BCUT2D eigenvalue weighted by Crippen LogP contribution is 2.28. The van der Waals surface area contributed by atoms with Gasteiger partial charge in [0.25, 0.3) is 5.89 Å². The minimum absolute atomic E-state index is 0.00574. The average Bonchev–Trinajstić information content (AvgIpc) is 3.30. The number of thiophene rings is 1. The topological polar surface area (TPSA) is 104 Å².